The molecule has 0 radical (unpaired) electrons. The Kier molecular flexibility index (Phi) is 4.97. The van der Waals surface area contributed by atoms with Crippen molar-refractivity contribution in [2.75, 3.05) is 12.3 Å². The van der Waals surface area contributed by atoms with Crippen LogP contribution >= 0.6 is 15.9 Å². The molecule has 0 aliphatic carbocycles. The molecule has 0 amide bonds. The molecule has 6 heteroatoms. The normalized spacial score (nSPS) is 11.7. The van der Waals surface area contributed by atoms with E-state index in [9.17, 15) is 8.42 Å². The maximum atomic E-state index is 12.0. The molecule has 1 aromatic rings. The molecular weight excluding hydrogens is 304 g/mol. The fourth-order valence-electron chi connectivity index (χ4n) is 1.42. The SMILES string of the molecule is CCCCNS(=O)(=O)c1cc(N)c(Br)cc1C. The number of nitrogens with one attached hydrogen (secondary N) is 1. The van der Waals surface area contributed by atoms with E-state index in [1.807, 2.05) is 6.92 Å². The topological polar surface area (TPSA) is 72.2 Å². The molecule has 0 fully saturated rings. The van der Waals surface area contributed by atoms with Crippen LogP contribution in [0.25, 0.3) is 0 Å². The Morgan fingerprint density at radius 3 is 2.65 bits per heavy atom. The van der Waals surface area contributed by atoms with Crippen LogP contribution in [0.3, 0.4) is 0 Å². The van der Waals surface area contributed by atoms with Crippen molar-refractivity contribution in [3.8, 4) is 0 Å². The van der Waals surface area contributed by atoms with E-state index >= 15 is 0 Å². The molecule has 3 N–H and O–H groups in total. The first-order chi connectivity index (χ1) is 7.88. The summed E-state index contributed by atoms with van der Waals surface area (Å²) in [5.74, 6) is 0. The van der Waals surface area contributed by atoms with Gasteiger partial charge in [-0.2, -0.15) is 0 Å². The van der Waals surface area contributed by atoms with Gasteiger partial charge < -0.3 is 5.73 Å². The summed E-state index contributed by atoms with van der Waals surface area (Å²) in [4.78, 5) is 0.245. The van der Waals surface area contributed by atoms with Crippen molar-refractivity contribution in [3.05, 3.63) is 22.2 Å². The van der Waals surface area contributed by atoms with Crippen molar-refractivity contribution in [1.29, 1.82) is 0 Å². The highest BCUT2D eigenvalue weighted by molar-refractivity contribution is 9.10. The van der Waals surface area contributed by atoms with Crippen LogP contribution in [0.5, 0.6) is 0 Å². The van der Waals surface area contributed by atoms with E-state index < -0.39 is 10.0 Å². The number of hydrogen-bond acceptors (Lipinski definition) is 3. The number of benzene rings is 1. The smallest absolute Gasteiger partial charge is 0.240 e. The van der Waals surface area contributed by atoms with Crippen molar-refractivity contribution < 1.29 is 8.42 Å². The van der Waals surface area contributed by atoms with E-state index in [0.29, 0.717) is 22.3 Å². The molecule has 0 aromatic heterocycles. The van der Waals surface area contributed by atoms with E-state index in [4.69, 9.17) is 5.73 Å². The molecule has 96 valence electrons. The lowest BCUT2D eigenvalue weighted by Gasteiger charge is -2.10. The highest BCUT2D eigenvalue weighted by Crippen LogP contribution is 2.26. The maximum Gasteiger partial charge on any atom is 0.240 e. The summed E-state index contributed by atoms with van der Waals surface area (Å²) >= 11 is 3.27. The summed E-state index contributed by atoms with van der Waals surface area (Å²) in [7, 11) is -3.45. The van der Waals surface area contributed by atoms with Gasteiger partial charge in [0.25, 0.3) is 0 Å². The molecular formula is C11H17BrN2O2S. The second-order valence-electron chi connectivity index (χ2n) is 3.89. The molecule has 0 saturated heterocycles. The fraction of sp³-hybridized carbons (Fsp3) is 0.455. The lowest BCUT2D eigenvalue weighted by Crippen LogP contribution is -2.25. The van der Waals surface area contributed by atoms with Gasteiger partial charge in [-0.25, -0.2) is 13.1 Å². The molecule has 0 heterocycles. The predicted molar refractivity (Wildman–Crippen MR) is 73.4 cm³/mol. The van der Waals surface area contributed by atoms with Gasteiger partial charge in [-0.1, -0.05) is 13.3 Å². The van der Waals surface area contributed by atoms with Gasteiger partial charge >= 0.3 is 0 Å². The first-order valence-corrected chi connectivity index (χ1v) is 7.71. The zero-order chi connectivity index (χ0) is 13.1. The maximum absolute atomic E-state index is 12.0. The van der Waals surface area contributed by atoms with E-state index in [1.54, 1.807) is 13.0 Å². The highest BCUT2D eigenvalue weighted by Gasteiger charge is 2.17. The number of nitrogen functional groups attached to an aromatic ring is 1. The predicted octanol–water partition coefficient (Wildman–Crippen LogP) is 2.42. The Morgan fingerprint density at radius 2 is 2.06 bits per heavy atom. The quantitative estimate of drug-likeness (QED) is 0.646. The number of aryl methyl sites for hydroxylation is 1. The van der Waals surface area contributed by atoms with Gasteiger partial charge in [0.05, 0.1) is 4.90 Å². The van der Waals surface area contributed by atoms with Gasteiger partial charge in [-0.15, -0.1) is 0 Å². The number of hydrogen-bond donors (Lipinski definition) is 2. The van der Waals surface area contributed by atoms with Crippen LogP contribution in [-0.2, 0) is 10.0 Å². The van der Waals surface area contributed by atoms with Crippen LogP contribution in [0.1, 0.15) is 25.3 Å². The zero-order valence-corrected chi connectivity index (χ0v) is 12.4. The van der Waals surface area contributed by atoms with Gasteiger partial charge in [-0.3, -0.25) is 0 Å². The lowest BCUT2D eigenvalue weighted by molar-refractivity contribution is 0.578. The zero-order valence-electron chi connectivity index (χ0n) is 9.96. The van der Waals surface area contributed by atoms with E-state index in [1.165, 1.54) is 6.07 Å². The second-order valence-corrected chi connectivity index (χ2v) is 6.48. The number of sulfonamides is 1. The van der Waals surface area contributed by atoms with Crippen molar-refractivity contribution in [1.82, 2.24) is 4.72 Å². The minimum absolute atomic E-state index is 0.245. The number of unbranched alkanes of at least 4 members (excludes halogenated alkanes) is 1. The minimum atomic E-state index is -3.45. The van der Waals surface area contributed by atoms with Crippen molar-refractivity contribution in [2.24, 2.45) is 0 Å². The fourth-order valence-corrected chi connectivity index (χ4v) is 3.21. The minimum Gasteiger partial charge on any atom is -0.398 e. The van der Waals surface area contributed by atoms with Gasteiger partial charge in [0.15, 0.2) is 0 Å². The Labute approximate surface area is 111 Å². The van der Waals surface area contributed by atoms with Gasteiger partial charge in [0, 0.05) is 16.7 Å². The van der Waals surface area contributed by atoms with Crippen LogP contribution < -0.4 is 10.5 Å². The first-order valence-electron chi connectivity index (χ1n) is 5.43. The van der Waals surface area contributed by atoms with Gasteiger partial charge in [0.1, 0.15) is 0 Å². The summed E-state index contributed by atoms with van der Waals surface area (Å²) in [5.41, 5.74) is 6.80. The average molecular weight is 321 g/mol. The molecule has 0 saturated carbocycles. The standard InChI is InChI=1S/C11H17BrN2O2S/c1-3-4-5-14-17(15,16)11-7-10(13)9(12)6-8(11)2/h6-7,14H,3-5,13H2,1-2H3. The summed E-state index contributed by atoms with van der Waals surface area (Å²) in [5, 5.41) is 0. The highest BCUT2D eigenvalue weighted by atomic mass is 79.9. The summed E-state index contributed by atoms with van der Waals surface area (Å²) < 4.78 is 27.3. The van der Waals surface area contributed by atoms with E-state index in [2.05, 4.69) is 20.7 Å². The van der Waals surface area contributed by atoms with Crippen LogP contribution in [0.2, 0.25) is 0 Å². The molecule has 0 bridgehead atoms. The molecule has 1 aromatic carbocycles. The largest absolute Gasteiger partial charge is 0.398 e. The lowest BCUT2D eigenvalue weighted by atomic mass is 10.2. The Bertz CT molecular complexity index is 500. The first kappa shape index (κ1) is 14.5. The van der Waals surface area contributed by atoms with E-state index in [-0.39, 0.29) is 4.90 Å². The molecule has 0 aliphatic heterocycles. The molecule has 0 unspecified atom stereocenters. The molecule has 0 spiro atoms. The third-order valence-corrected chi connectivity index (χ3v) is 4.70. The van der Waals surface area contributed by atoms with Crippen molar-refractivity contribution >= 4 is 31.6 Å². The van der Waals surface area contributed by atoms with Gasteiger partial charge in [0.2, 0.25) is 10.0 Å². The summed E-state index contributed by atoms with van der Waals surface area (Å²) in [6.07, 6.45) is 1.77. The number of halogens is 1. The number of nitrogens with two attached hydrogens (primary N) is 1. The van der Waals surface area contributed by atoms with Crippen LogP contribution in [-0.4, -0.2) is 15.0 Å². The number of rotatable bonds is 5. The third-order valence-electron chi connectivity index (χ3n) is 2.41. The third kappa shape index (κ3) is 3.69. The Morgan fingerprint density at radius 1 is 1.41 bits per heavy atom. The van der Waals surface area contributed by atoms with E-state index in [0.717, 1.165) is 12.8 Å². The summed E-state index contributed by atoms with van der Waals surface area (Å²) in [6, 6.07) is 3.19. The van der Waals surface area contributed by atoms with Crippen LogP contribution in [0, 0.1) is 6.92 Å². The van der Waals surface area contributed by atoms with Gasteiger partial charge in [-0.05, 0) is 47.0 Å². The van der Waals surface area contributed by atoms with Crippen LogP contribution in [0.15, 0.2) is 21.5 Å². The molecule has 0 aliphatic rings. The van der Waals surface area contributed by atoms with Crippen molar-refractivity contribution in [3.63, 3.8) is 0 Å². The molecule has 17 heavy (non-hydrogen) atoms. The number of anilines is 1. The molecule has 0 atom stereocenters. The van der Waals surface area contributed by atoms with Crippen molar-refractivity contribution in [2.45, 2.75) is 31.6 Å². The van der Waals surface area contributed by atoms with Crippen LogP contribution in [0.4, 0.5) is 5.69 Å². The molecule has 4 nitrogen and oxygen atoms in total. The monoisotopic (exact) mass is 320 g/mol. The average Bonchev–Trinajstić information content (AvgIpc) is 2.23. The Hall–Kier alpha value is -0.590. The Balaban J connectivity index is 3.03. The summed E-state index contributed by atoms with van der Waals surface area (Å²) in [6.45, 7) is 4.21. The molecule has 1 rings (SSSR count). The second kappa shape index (κ2) is 5.84.